The Bertz CT molecular complexity index is 828. The van der Waals surface area contributed by atoms with E-state index >= 15 is 0 Å². The first kappa shape index (κ1) is 18.0. The van der Waals surface area contributed by atoms with E-state index in [9.17, 15) is 9.59 Å². The SMILES string of the molecule is O=C(Cn1nc(-c2ccco2)ccc1=O)NCC1CCCN2CCCCC12. The van der Waals surface area contributed by atoms with Gasteiger partial charge in [0, 0.05) is 18.7 Å². The molecule has 0 aromatic carbocycles. The first-order valence-electron chi connectivity index (χ1n) is 9.83. The number of nitrogens with one attached hydrogen (secondary N) is 1. The van der Waals surface area contributed by atoms with Crippen LogP contribution in [0.25, 0.3) is 11.5 Å². The van der Waals surface area contributed by atoms with Gasteiger partial charge >= 0.3 is 0 Å². The number of rotatable bonds is 5. The summed E-state index contributed by atoms with van der Waals surface area (Å²) >= 11 is 0. The lowest BCUT2D eigenvalue weighted by atomic mass is 9.83. The second-order valence-corrected chi connectivity index (χ2v) is 7.50. The van der Waals surface area contributed by atoms with Crippen LogP contribution in [0.4, 0.5) is 0 Å². The fourth-order valence-electron chi connectivity index (χ4n) is 4.37. The molecule has 2 aromatic rings. The minimum absolute atomic E-state index is 0.0749. The molecule has 7 heteroatoms. The highest BCUT2D eigenvalue weighted by Crippen LogP contribution is 2.30. The normalized spacial score (nSPS) is 23.0. The van der Waals surface area contributed by atoms with E-state index in [0.717, 1.165) is 6.42 Å². The van der Waals surface area contributed by atoms with Gasteiger partial charge in [-0.2, -0.15) is 5.10 Å². The molecule has 4 rings (SSSR count). The van der Waals surface area contributed by atoms with Crippen LogP contribution in [0.5, 0.6) is 0 Å². The van der Waals surface area contributed by atoms with Crippen LogP contribution in [0.1, 0.15) is 32.1 Å². The Labute approximate surface area is 158 Å². The first-order chi connectivity index (χ1) is 13.2. The van der Waals surface area contributed by atoms with Gasteiger partial charge in [0.15, 0.2) is 5.76 Å². The molecule has 27 heavy (non-hydrogen) atoms. The van der Waals surface area contributed by atoms with Gasteiger partial charge in [0.25, 0.3) is 5.56 Å². The minimum atomic E-state index is -0.295. The van der Waals surface area contributed by atoms with Crippen molar-refractivity contribution >= 4 is 5.91 Å². The number of amides is 1. The van der Waals surface area contributed by atoms with Gasteiger partial charge < -0.3 is 14.6 Å². The third-order valence-electron chi connectivity index (χ3n) is 5.72. The number of piperidine rings is 2. The number of carbonyl (C=O) groups is 1. The van der Waals surface area contributed by atoms with E-state index in [2.05, 4.69) is 15.3 Å². The lowest BCUT2D eigenvalue weighted by Crippen LogP contribution is -2.51. The summed E-state index contributed by atoms with van der Waals surface area (Å²) in [6.07, 6.45) is 7.71. The summed E-state index contributed by atoms with van der Waals surface area (Å²) in [6, 6.07) is 7.15. The van der Waals surface area contributed by atoms with Crippen LogP contribution in [0.15, 0.2) is 39.7 Å². The molecule has 0 bridgehead atoms. The predicted octanol–water partition coefficient (Wildman–Crippen LogP) is 1.88. The monoisotopic (exact) mass is 370 g/mol. The maximum Gasteiger partial charge on any atom is 0.267 e. The molecule has 144 valence electrons. The summed E-state index contributed by atoms with van der Waals surface area (Å²) in [6.45, 7) is 2.98. The molecular formula is C20H26N4O3. The van der Waals surface area contributed by atoms with Gasteiger partial charge in [0.2, 0.25) is 5.91 Å². The molecule has 0 spiro atoms. The van der Waals surface area contributed by atoms with Crippen molar-refractivity contribution in [3.63, 3.8) is 0 Å². The van der Waals surface area contributed by atoms with Gasteiger partial charge in [0.05, 0.1) is 6.26 Å². The molecule has 2 fully saturated rings. The lowest BCUT2D eigenvalue weighted by molar-refractivity contribution is -0.122. The van der Waals surface area contributed by atoms with Crippen molar-refractivity contribution in [2.75, 3.05) is 19.6 Å². The molecule has 4 heterocycles. The van der Waals surface area contributed by atoms with Crippen LogP contribution < -0.4 is 10.9 Å². The quantitative estimate of drug-likeness (QED) is 0.869. The lowest BCUT2D eigenvalue weighted by Gasteiger charge is -2.44. The Morgan fingerprint density at radius 1 is 1.19 bits per heavy atom. The van der Waals surface area contributed by atoms with Crippen molar-refractivity contribution in [1.29, 1.82) is 0 Å². The number of hydrogen-bond acceptors (Lipinski definition) is 5. The van der Waals surface area contributed by atoms with Gasteiger partial charge in [-0.25, -0.2) is 4.68 Å². The van der Waals surface area contributed by atoms with Gasteiger partial charge in [-0.1, -0.05) is 6.42 Å². The molecule has 2 unspecified atom stereocenters. The third kappa shape index (κ3) is 4.13. The van der Waals surface area contributed by atoms with E-state index in [0.29, 0.717) is 30.0 Å². The van der Waals surface area contributed by atoms with Crippen molar-refractivity contribution in [1.82, 2.24) is 20.0 Å². The highest BCUT2D eigenvalue weighted by molar-refractivity contribution is 5.75. The number of fused-ring (bicyclic) bond motifs is 1. The topological polar surface area (TPSA) is 80.4 Å². The third-order valence-corrected chi connectivity index (χ3v) is 5.72. The van der Waals surface area contributed by atoms with E-state index in [4.69, 9.17) is 4.42 Å². The first-order valence-corrected chi connectivity index (χ1v) is 9.83. The van der Waals surface area contributed by atoms with Gasteiger partial charge in [0.1, 0.15) is 12.2 Å². The zero-order chi connectivity index (χ0) is 18.6. The van der Waals surface area contributed by atoms with E-state index < -0.39 is 0 Å². The largest absolute Gasteiger partial charge is 0.463 e. The van der Waals surface area contributed by atoms with E-state index in [1.54, 1.807) is 24.5 Å². The van der Waals surface area contributed by atoms with E-state index in [-0.39, 0.29) is 18.0 Å². The van der Waals surface area contributed by atoms with E-state index in [1.165, 1.54) is 49.5 Å². The van der Waals surface area contributed by atoms with Gasteiger partial charge in [-0.3, -0.25) is 9.59 Å². The molecule has 2 aliphatic heterocycles. The predicted molar refractivity (Wildman–Crippen MR) is 101 cm³/mol. The van der Waals surface area contributed by atoms with Crippen LogP contribution in [0.3, 0.4) is 0 Å². The van der Waals surface area contributed by atoms with Crippen LogP contribution >= 0.6 is 0 Å². The zero-order valence-electron chi connectivity index (χ0n) is 15.5. The molecule has 7 nitrogen and oxygen atoms in total. The van der Waals surface area contributed by atoms with Crippen molar-refractivity contribution in [3.05, 3.63) is 40.9 Å². The van der Waals surface area contributed by atoms with Crippen molar-refractivity contribution in [2.24, 2.45) is 5.92 Å². The number of hydrogen-bond donors (Lipinski definition) is 1. The summed E-state index contributed by atoms with van der Waals surface area (Å²) < 4.78 is 6.51. The molecule has 0 aliphatic carbocycles. The summed E-state index contributed by atoms with van der Waals surface area (Å²) in [4.78, 5) is 27.1. The van der Waals surface area contributed by atoms with Crippen molar-refractivity contribution in [2.45, 2.75) is 44.7 Å². The maximum absolute atomic E-state index is 12.4. The molecule has 2 aliphatic rings. The molecule has 1 amide bonds. The average molecular weight is 370 g/mol. The maximum atomic E-state index is 12.4. The second-order valence-electron chi connectivity index (χ2n) is 7.50. The van der Waals surface area contributed by atoms with Gasteiger partial charge in [-0.05, 0) is 62.9 Å². The van der Waals surface area contributed by atoms with E-state index in [1.807, 2.05) is 0 Å². The van der Waals surface area contributed by atoms with Crippen molar-refractivity contribution in [3.8, 4) is 11.5 Å². The molecule has 0 radical (unpaired) electrons. The number of aromatic nitrogens is 2. The van der Waals surface area contributed by atoms with Crippen LogP contribution in [-0.4, -0.2) is 46.3 Å². The molecular weight excluding hydrogens is 344 g/mol. The molecule has 2 aromatic heterocycles. The minimum Gasteiger partial charge on any atom is -0.463 e. The zero-order valence-corrected chi connectivity index (χ0v) is 15.5. The summed E-state index contributed by atoms with van der Waals surface area (Å²) in [5, 5.41) is 7.28. The Kier molecular flexibility index (Phi) is 5.38. The van der Waals surface area contributed by atoms with Gasteiger partial charge in [-0.15, -0.1) is 0 Å². The summed E-state index contributed by atoms with van der Waals surface area (Å²) in [5.41, 5.74) is 0.245. The standard InChI is InChI=1S/C20H26N4O3/c25-19(21-13-15-5-3-11-23-10-2-1-6-17(15)23)14-24-20(26)9-8-16(22-24)18-7-4-12-27-18/h4,7-9,12,15,17H,1-3,5-6,10-11,13-14H2,(H,21,25). The molecule has 2 saturated heterocycles. The highest BCUT2D eigenvalue weighted by Gasteiger charge is 2.32. The Morgan fingerprint density at radius 3 is 2.93 bits per heavy atom. The molecule has 2 atom stereocenters. The fourth-order valence-corrected chi connectivity index (χ4v) is 4.37. The van der Waals surface area contributed by atoms with Crippen LogP contribution in [0.2, 0.25) is 0 Å². The highest BCUT2D eigenvalue weighted by atomic mass is 16.3. The average Bonchev–Trinajstić information content (AvgIpc) is 3.23. The smallest absolute Gasteiger partial charge is 0.267 e. The Balaban J connectivity index is 1.37. The number of furan rings is 1. The number of carbonyl (C=O) groups excluding carboxylic acids is 1. The molecule has 1 N–H and O–H groups in total. The van der Waals surface area contributed by atoms with Crippen LogP contribution in [-0.2, 0) is 11.3 Å². The summed E-state index contributed by atoms with van der Waals surface area (Å²) in [5.74, 6) is 0.903. The fraction of sp³-hybridized carbons (Fsp3) is 0.550. The second kappa shape index (κ2) is 8.08. The Hall–Kier alpha value is -2.41. The molecule has 0 saturated carbocycles. The van der Waals surface area contributed by atoms with Crippen LogP contribution in [0, 0.1) is 5.92 Å². The van der Waals surface area contributed by atoms with Crippen molar-refractivity contribution < 1.29 is 9.21 Å². The summed E-state index contributed by atoms with van der Waals surface area (Å²) in [7, 11) is 0. The number of nitrogens with zero attached hydrogens (tertiary/aromatic N) is 3. The Morgan fingerprint density at radius 2 is 2.07 bits per heavy atom.